The number of rotatable bonds is 17. The van der Waals surface area contributed by atoms with Gasteiger partial charge in [0.1, 0.15) is 23.9 Å². The van der Waals surface area contributed by atoms with Crippen LogP contribution in [0.5, 0.6) is 0 Å². The fraction of sp³-hybridized carbons (Fsp3) is 0.957. The Balaban J connectivity index is 3.00. The van der Waals surface area contributed by atoms with E-state index in [0.717, 1.165) is 51.4 Å². The summed E-state index contributed by atoms with van der Waals surface area (Å²) < 4.78 is 23.9. The second-order valence-corrected chi connectivity index (χ2v) is 8.13. The van der Waals surface area contributed by atoms with E-state index in [1.807, 2.05) is 0 Å². The third kappa shape index (κ3) is 9.01. The summed E-state index contributed by atoms with van der Waals surface area (Å²) in [7, 11) is 0. The van der Waals surface area contributed by atoms with Gasteiger partial charge in [-0.2, -0.15) is 0 Å². The molecule has 0 aromatic rings. The smallest absolute Gasteiger partial charge is 0.167 e. The number of hydrogen-bond donors (Lipinski definition) is 1. The molecular formula is C23H44O6. The number of ketones is 1. The molecule has 172 valence electrons. The second-order valence-electron chi connectivity index (χ2n) is 8.13. The summed E-state index contributed by atoms with van der Waals surface area (Å²) in [5.41, 5.74) is -1.39. The molecule has 0 spiro atoms. The van der Waals surface area contributed by atoms with E-state index in [1.54, 1.807) is 0 Å². The van der Waals surface area contributed by atoms with Crippen LogP contribution >= 0.6 is 0 Å². The molecule has 0 aromatic heterocycles. The first-order valence-corrected chi connectivity index (χ1v) is 11.7. The summed E-state index contributed by atoms with van der Waals surface area (Å²) in [5.74, 6) is -0.125. The first-order chi connectivity index (χ1) is 14.0. The van der Waals surface area contributed by atoms with Crippen LogP contribution in [-0.4, -0.2) is 67.8 Å². The average molecular weight is 417 g/mol. The van der Waals surface area contributed by atoms with Gasteiger partial charge in [0.15, 0.2) is 5.78 Å². The molecule has 4 atom stereocenters. The molecule has 1 fully saturated rings. The molecule has 1 aliphatic carbocycles. The standard InChI is InChI=1S/C23H44O6/c1-5-9-13-26-18-23(25)17-19(24)20(27-14-10-6-2)21(28-15-11-7-3)22(23)29-16-12-8-4/h20-22,25H,5-18H2,1-4H3/t20-,21+,22-,23-/m0/s1. The normalized spacial score (nSPS) is 27.5. The van der Waals surface area contributed by atoms with Gasteiger partial charge in [0, 0.05) is 32.8 Å². The van der Waals surface area contributed by atoms with Crippen molar-refractivity contribution >= 4 is 5.78 Å². The summed E-state index contributed by atoms with van der Waals surface area (Å²) in [5, 5.41) is 11.4. The SMILES string of the molecule is CCCCOC[C@@]1(O)CC(=O)[C@H](OCCCC)[C@@H](OCCCC)[C@@H]1OCCCC. The number of ether oxygens (including phenoxy) is 4. The Bertz CT molecular complexity index is 430. The number of carbonyl (C=O) groups is 1. The fourth-order valence-corrected chi connectivity index (χ4v) is 3.46. The van der Waals surface area contributed by atoms with Gasteiger partial charge in [0.2, 0.25) is 0 Å². The molecule has 1 rings (SSSR count). The summed E-state index contributed by atoms with van der Waals surface area (Å²) in [6.45, 7) is 10.5. The summed E-state index contributed by atoms with van der Waals surface area (Å²) in [6, 6.07) is 0. The summed E-state index contributed by atoms with van der Waals surface area (Å²) in [4.78, 5) is 12.9. The van der Waals surface area contributed by atoms with Crippen molar-refractivity contribution in [2.24, 2.45) is 0 Å². The van der Waals surface area contributed by atoms with Crippen LogP contribution in [0.3, 0.4) is 0 Å². The molecular weight excluding hydrogens is 372 g/mol. The largest absolute Gasteiger partial charge is 0.384 e. The van der Waals surface area contributed by atoms with Crippen molar-refractivity contribution in [3.8, 4) is 0 Å². The van der Waals surface area contributed by atoms with Crippen LogP contribution in [0.1, 0.15) is 85.5 Å². The Hall–Kier alpha value is -0.530. The van der Waals surface area contributed by atoms with Crippen molar-refractivity contribution in [3.05, 3.63) is 0 Å². The molecule has 0 amide bonds. The van der Waals surface area contributed by atoms with E-state index < -0.39 is 23.9 Å². The van der Waals surface area contributed by atoms with Crippen LogP contribution in [0.2, 0.25) is 0 Å². The minimum Gasteiger partial charge on any atom is -0.384 e. The minimum atomic E-state index is -1.39. The lowest BCUT2D eigenvalue weighted by atomic mass is 9.78. The van der Waals surface area contributed by atoms with E-state index in [1.165, 1.54) is 0 Å². The van der Waals surface area contributed by atoms with E-state index in [4.69, 9.17) is 18.9 Å². The Labute approximate surface area is 177 Å². The monoisotopic (exact) mass is 416 g/mol. The maximum Gasteiger partial charge on any atom is 0.167 e. The lowest BCUT2D eigenvalue weighted by Gasteiger charge is -2.46. The van der Waals surface area contributed by atoms with E-state index in [9.17, 15) is 9.90 Å². The van der Waals surface area contributed by atoms with Crippen LogP contribution in [0, 0.1) is 0 Å². The van der Waals surface area contributed by atoms with Gasteiger partial charge in [-0.15, -0.1) is 0 Å². The van der Waals surface area contributed by atoms with Gasteiger partial charge in [-0.3, -0.25) is 4.79 Å². The van der Waals surface area contributed by atoms with E-state index in [0.29, 0.717) is 26.4 Å². The maximum absolute atomic E-state index is 12.9. The molecule has 0 aromatic carbocycles. The number of aliphatic hydroxyl groups is 1. The third-order valence-electron chi connectivity index (χ3n) is 5.32. The van der Waals surface area contributed by atoms with E-state index in [-0.39, 0.29) is 18.8 Å². The molecule has 0 bridgehead atoms. The van der Waals surface area contributed by atoms with Crippen LogP contribution in [0.15, 0.2) is 0 Å². The molecule has 0 heterocycles. The van der Waals surface area contributed by atoms with Gasteiger partial charge < -0.3 is 24.1 Å². The van der Waals surface area contributed by atoms with Crippen molar-refractivity contribution in [1.82, 2.24) is 0 Å². The first kappa shape index (κ1) is 26.5. The molecule has 6 heteroatoms. The molecule has 0 saturated heterocycles. The van der Waals surface area contributed by atoms with Crippen molar-refractivity contribution in [2.45, 2.75) is 109 Å². The highest BCUT2D eigenvalue weighted by atomic mass is 16.6. The van der Waals surface area contributed by atoms with Crippen LogP contribution in [0.4, 0.5) is 0 Å². The number of hydrogen-bond acceptors (Lipinski definition) is 6. The summed E-state index contributed by atoms with van der Waals surface area (Å²) >= 11 is 0. The van der Waals surface area contributed by atoms with Crippen molar-refractivity contribution in [1.29, 1.82) is 0 Å². The molecule has 0 radical (unpaired) electrons. The fourth-order valence-electron chi connectivity index (χ4n) is 3.46. The molecule has 1 N–H and O–H groups in total. The zero-order chi connectivity index (χ0) is 21.5. The van der Waals surface area contributed by atoms with Crippen LogP contribution < -0.4 is 0 Å². The Morgan fingerprint density at radius 1 is 0.828 bits per heavy atom. The molecule has 1 saturated carbocycles. The lowest BCUT2D eigenvalue weighted by Crippen LogP contribution is -2.65. The average Bonchev–Trinajstić information content (AvgIpc) is 2.70. The predicted molar refractivity (Wildman–Crippen MR) is 114 cm³/mol. The zero-order valence-corrected chi connectivity index (χ0v) is 19.1. The molecule has 1 aliphatic rings. The Morgan fingerprint density at radius 2 is 1.34 bits per heavy atom. The lowest BCUT2D eigenvalue weighted by molar-refractivity contribution is -0.233. The van der Waals surface area contributed by atoms with Crippen molar-refractivity contribution < 1.29 is 28.8 Å². The maximum atomic E-state index is 12.9. The van der Waals surface area contributed by atoms with Gasteiger partial charge in [-0.25, -0.2) is 0 Å². The van der Waals surface area contributed by atoms with Gasteiger partial charge in [0.25, 0.3) is 0 Å². The Morgan fingerprint density at radius 3 is 1.93 bits per heavy atom. The van der Waals surface area contributed by atoms with Crippen LogP contribution in [0.25, 0.3) is 0 Å². The first-order valence-electron chi connectivity index (χ1n) is 11.7. The Kier molecular flexibility index (Phi) is 14.0. The number of unbranched alkanes of at least 4 members (excludes halogenated alkanes) is 4. The van der Waals surface area contributed by atoms with Crippen LogP contribution in [-0.2, 0) is 23.7 Å². The third-order valence-corrected chi connectivity index (χ3v) is 5.32. The quantitative estimate of drug-likeness (QED) is 0.360. The molecule has 0 aliphatic heterocycles. The zero-order valence-electron chi connectivity index (χ0n) is 19.1. The molecule has 0 unspecified atom stereocenters. The van der Waals surface area contributed by atoms with Gasteiger partial charge >= 0.3 is 0 Å². The van der Waals surface area contributed by atoms with Gasteiger partial charge in [0.05, 0.1) is 6.61 Å². The van der Waals surface area contributed by atoms with Gasteiger partial charge in [-0.1, -0.05) is 53.4 Å². The van der Waals surface area contributed by atoms with Crippen molar-refractivity contribution in [2.75, 3.05) is 33.0 Å². The second kappa shape index (κ2) is 15.3. The number of carbonyl (C=O) groups excluding carboxylic acids is 1. The summed E-state index contributed by atoms with van der Waals surface area (Å²) in [6.07, 6.45) is 5.61. The van der Waals surface area contributed by atoms with Crippen molar-refractivity contribution in [3.63, 3.8) is 0 Å². The molecule has 6 nitrogen and oxygen atoms in total. The highest BCUT2D eigenvalue weighted by Crippen LogP contribution is 2.34. The molecule has 29 heavy (non-hydrogen) atoms. The topological polar surface area (TPSA) is 74.2 Å². The minimum absolute atomic E-state index is 0.0274. The van der Waals surface area contributed by atoms with E-state index in [2.05, 4.69) is 27.7 Å². The van der Waals surface area contributed by atoms with Gasteiger partial charge in [-0.05, 0) is 25.7 Å². The highest BCUT2D eigenvalue weighted by molar-refractivity contribution is 5.86. The van der Waals surface area contributed by atoms with E-state index >= 15 is 0 Å². The predicted octanol–water partition coefficient (Wildman–Crippen LogP) is 4.06. The highest BCUT2D eigenvalue weighted by Gasteiger charge is 2.54. The number of Topliss-reactive ketones (excluding diaryl/α,β-unsaturated/α-hetero) is 1.